The van der Waals surface area contributed by atoms with E-state index in [1.165, 1.54) is 7.05 Å². The fraction of sp³-hybridized carbons (Fsp3) is 0.263. The van der Waals surface area contributed by atoms with Crippen LogP contribution in [0.3, 0.4) is 0 Å². The highest BCUT2D eigenvalue weighted by Crippen LogP contribution is 2.25. The molecule has 2 aromatic rings. The number of anilines is 1. The molecule has 0 spiro atoms. The van der Waals surface area contributed by atoms with Crippen molar-refractivity contribution in [1.29, 1.82) is 0 Å². The Balaban J connectivity index is 1.58. The third-order valence-electron chi connectivity index (χ3n) is 3.96. The van der Waals surface area contributed by atoms with E-state index in [1.54, 1.807) is 4.90 Å². The molecular formula is C19H20N2O4. The van der Waals surface area contributed by atoms with Crippen molar-refractivity contribution in [2.75, 3.05) is 18.5 Å². The Kier molecular flexibility index (Phi) is 5.18. The molecule has 1 unspecified atom stereocenters. The summed E-state index contributed by atoms with van der Waals surface area (Å²) >= 11 is 0. The van der Waals surface area contributed by atoms with Gasteiger partial charge in [0.15, 0.2) is 0 Å². The molecule has 0 saturated carbocycles. The van der Waals surface area contributed by atoms with Crippen molar-refractivity contribution >= 4 is 17.7 Å². The third-order valence-corrected chi connectivity index (χ3v) is 3.96. The highest BCUT2D eigenvalue weighted by atomic mass is 16.6. The van der Waals surface area contributed by atoms with Crippen molar-refractivity contribution in [2.24, 2.45) is 0 Å². The van der Waals surface area contributed by atoms with Crippen LogP contribution in [-0.2, 0) is 16.1 Å². The van der Waals surface area contributed by atoms with Gasteiger partial charge in [0.05, 0.1) is 13.0 Å². The summed E-state index contributed by atoms with van der Waals surface area (Å²) in [5, 5.41) is 2.39. The maximum atomic E-state index is 12.1. The normalized spacial score (nSPS) is 16.6. The first-order chi connectivity index (χ1) is 12.2. The van der Waals surface area contributed by atoms with Crippen LogP contribution in [0.25, 0.3) is 0 Å². The topological polar surface area (TPSA) is 67.9 Å². The Morgan fingerprint density at radius 2 is 1.88 bits per heavy atom. The molecule has 3 rings (SSSR count). The van der Waals surface area contributed by atoms with Gasteiger partial charge in [-0.3, -0.25) is 4.79 Å². The van der Waals surface area contributed by atoms with Gasteiger partial charge in [0.25, 0.3) is 0 Å². The summed E-state index contributed by atoms with van der Waals surface area (Å²) in [4.78, 5) is 25.0. The predicted octanol–water partition coefficient (Wildman–Crippen LogP) is 2.73. The van der Waals surface area contributed by atoms with Gasteiger partial charge in [0.1, 0.15) is 18.5 Å². The SMILES string of the molecule is CNC(=O)OC1CC(=O)N(c2ccc(OCc3ccccc3)cc2)C1. The number of nitrogens with zero attached hydrogens (tertiary/aromatic N) is 1. The van der Waals surface area contributed by atoms with Gasteiger partial charge in [0.2, 0.25) is 5.91 Å². The van der Waals surface area contributed by atoms with E-state index in [2.05, 4.69) is 5.32 Å². The van der Waals surface area contributed by atoms with E-state index in [0.29, 0.717) is 13.2 Å². The largest absolute Gasteiger partial charge is 0.489 e. The minimum atomic E-state index is -0.524. The number of nitrogens with one attached hydrogen (secondary N) is 1. The summed E-state index contributed by atoms with van der Waals surface area (Å²) in [6.07, 6.45) is -0.759. The highest BCUT2D eigenvalue weighted by molar-refractivity contribution is 5.96. The molecule has 2 aromatic carbocycles. The number of hydrogen-bond donors (Lipinski definition) is 1. The fourth-order valence-corrected chi connectivity index (χ4v) is 2.68. The average Bonchev–Trinajstić information content (AvgIpc) is 3.01. The zero-order valence-corrected chi connectivity index (χ0v) is 14.0. The predicted molar refractivity (Wildman–Crippen MR) is 93.5 cm³/mol. The lowest BCUT2D eigenvalue weighted by Gasteiger charge is -2.17. The first-order valence-electron chi connectivity index (χ1n) is 8.11. The quantitative estimate of drug-likeness (QED) is 0.909. The summed E-state index contributed by atoms with van der Waals surface area (Å²) in [5.41, 5.74) is 1.86. The Morgan fingerprint density at radius 1 is 1.16 bits per heavy atom. The molecule has 1 aliphatic rings. The van der Waals surface area contributed by atoms with Crippen molar-refractivity contribution in [1.82, 2.24) is 5.32 Å². The second-order valence-corrected chi connectivity index (χ2v) is 5.75. The van der Waals surface area contributed by atoms with Crippen molar-refractivity contribution in [2.45, 2.75) is 19.1 Å². The van der Waals surface area contributed by atoms with Crippen LogP contribution >= 0.6 is 0 Å². The fourth-order valence-electron chi connectivity index (χ4n) is 2.68. The highest BCUT2D eigenvalue weighted by Gasteiger charge is 2.33. The van der Waals surface area contributed by atoms with Crippen LogP contribution in [0.4, 0.5) is 10.5 Å². The first-order valence-corrected chi connectivity index (χ1v) is 8.11. The molecule has 0 radical (unpaired) electrons. The summed E-state index contributed by atoms with van der Waals surface area (Å²) in [6.45, 7) is 0.849. The van der Waals surface area contributed by atoms with E-state index in [1.807, 2.05) is 54.6 Å². The zero-order valence-electron chi connectivity index (χ0n) is 14.0. The molecular weight excluding hydrogens is 320 g/mol. The number of carbonyl (C=O) groups excluding carboxylic acids is 2. The number of rotatable bonds is 5. The molecule has 0 aliphatic carbocycles. The maximum absolute atomic E-state index is 12.1. The third kappa shape index (κ3) is 4.29. The van der Waals surface area contributed by atoms with Crippen LogP contribution in [0.2, 0.25) is 0 Å². The number of ether oxygens (including phenoxy) is 2. The van der Waals surface area contributed by atoms with Gasteiger partial charge in [-0.1, -0.05) is 30.3 Å². The molecule has 0 aromatic heterocycles. The van der Waals surface area contributed by atoms with Gasteiger partial charge in [-0.05, 0) is 29.8 Å². The van der Waals surface area contributed by atoms with Gasteiger partial charge in [0, 0.05) is 12.7 Å². The van der Waals surface area contributed by atoms with Crippen LogP contribution in [0.5, 0.6) is 5.75 Å². The van der Waals surface area contributed by atoms with Crippen LogP contribution in [0, 0.1) is 0 Å². The molecule has 1 N–H and O–H groups in total. The molecule has 1 saturated heterocycles. The molecule has 1 fully saturated rings. The molecule has 1 heterocycles. The first kappa shape index (κ1) is 16.8. The lowest BCUT2D eigenvalue weighted by molar-refractivity contribution is -0.117. The molecule has 2 amide bonds. The Labute approximate surface area is 146 Å². The van der Waals surface area contributed by atoms with E-state index in [-0.39, 0.29) is 12.3 Å². The van der Waals surface area contributed by atoms with Crippen LogP contribution in [0.15, 0.2) is 54.6 Å². The van der Waals surface area contributed by atoms with Crippen molar-refractivity contribution in [3.8, 4) is 5.75 Å². The van der Waals surface area contributed by atoms with E-state index < -0.39 is 12.2 Å². The summed E-state index contributed by atoms with van der Waals surface area (Å²) in [7, 11) is 1.49. The summed E-state index contributed by atoms with van der Waals surface area (Å²) < 4.78 is 10.9. The standard InChI is InChI=1S/C19H20N2O4/c1-20-19(23)25-17-11-18(22)21(12-17)15-7-9-16(10-8-15)24-13-14-5-3-2-4-6-14/h2-10,17H,11-13H2,1H3,(H,20,23). The van der Waals surface area contributed by atoms with E-state index >= 15 is 0 Å². The minimum Gasteiger partial charge on any atom is -0.489 e. The molecule has 1 aliphatic heterocycles. The Morgan fingerprint density at radius 3 is 2.56 bits per heavy atom. The molecule has 0 bridgehead atoms. The molecule has 6 nitrogen and oxygen atoms in total. The smallest absolute Gasteiger partial charge is 0.407 e. The summed E-state index contributed by atoms with van der Waals surface area (Å²) in [6, 6.07) is 17.2. The van der Waals surface area contributed by atoms with E-state index in [9.17, 15) is 9.59 Å². The number of hydrogen-bond acceptors (Lipinski definition) is 4. The molecule has 130 valence electrons. The number of carbonyl (C=O) groups is 2. The zero-order chi connectivity index (χ0) is 17.6. The van der Waals surface area contributed by atoms with Crippen molar-refractivity contribution in [3.05, 3.63) is 60.2 Å². The Bertz CT molecular complexity index is 731. The van der Waals surface area contributed by atoms with Gasteiger partial charge in [-0.2, -0.15) is 0 Å². The van der Waals surface area contributed by atoms with Crippen LogP contribution in [0.1, 0.15) is 12.0 Å². The second kappa shape index (κ2) is 7.70. The molecule has 1 atom stereocenters. The van der Waals surface area contributed by atoms with E-state index in [0.717, 1.165) is 17.0 Å². The monoisotopic (exact) mass is 340 g/mol. The maximum Gasteiger partial charge on any atom is 0.407 e. The second-order valence-electron chi connectivity index (χ2n) is 5.75. The van der Waals surface area contributed by atoms with E-state index in [4.69, 9.17) is 9.47 Å². The lowest BCUT2D eigenvalue weighted by atomic mass is 10.2. The lowest BCUT2D eigenvalue weighted by Crippen LogP contribution is -2.29. The average molecular weight is 340 g/mol. The number of amides is 2. The van der Waals surface area contributed by atoms with Crippen LogP contribution in [-0.4, -0.2) is 31.7 Å². The Hall–Kier alpha value is -3.02. The van der Waals surface area contributed by atoms with Gasteiger partial charge in [-0.15, -0.1) is 0 Å². The number of alkyl carbamates (subject to hydrolysis) is 1. The van der Waals surface area contributed by atoms with Crippen LogP contribution < -0.4 is 15.0 Å². The molecule has 25 heavy (non-hydrogen) atoms. The number of benzene rings is 2. The van der Waals surface area contributed by atoms with Gasteiger partial charge >= 0.3 is 6.09 Å². The van der Waals surface area contributed by atoms with Crippen molar-refractivity contribution < 1.29 is 19.1 Å². The van der Waals surface area contributed by atoms with Crippen molar-refractivity contribution in [3.63, 3.8) is 0 Å². The van der Waals surface area contributed by atoms with Gasteiger partial charge in [-0.25, -0.2) is 4.79 Å². The van der Waals surface area contributed by atoms with Gasteiger partial charge < -0.3 is 19.7 Å². The molecule has 6 heteroatoms. The summed E-state index contributed by atoms with van der Waals surface area (Å²) in [5.74, 6) is 0.671. The minimum absolute atomic E-state index is 0.0631.